The van der Waals surface area contributed by atoms with Crippen molar-refractivity contribution in [3.63, 3.8) is 0 Å². The monoisotopic (exact) mass is 503 g/mol. The Morgan fingerprint density at radius 1 is 1.00 bits per heavy atom. The van der Waals surface area contributed by atoms with E-state index in [0.717, 1.165) is 40.5 Å². The quantitative estimate of drug-likeness (QED) is 0.329. The van der Waals surface area contributed by atoms with E-state index in [9.17, 15) is 8.42 Å². The van der Waals surface area contributed by atoms with Crippen LogP contribution in [0.2, 0.25) is 0 Å². The molecule has 3 aromatic rings. The zero-order chi connectivity index (χ0) is 24.6. The van der Waals surface area contributed by atoms with E-state index in [1.165, 1.54) is 4.31 Å². The van der Waals surface area contributed by atoms with Crippen LogP contribution in [-0.4, -0.2) is 50.7 Å². The van der Waals surface area contributed by atoms with Crippen molar-refractivity contribution in [1.82, 2.24) is 8.87 Å². The number of thiazole rings is 1. The number of methoxy groups -OCH3 is 1. The first-order valence-electron chi connectivity index (χ1n) is 11.5. The summed E-state index contributed by atoms with van der Waals surface area (Å²) in [7, 11) is -1.79. The molecule has 34 heavy (non-hydrogen) atoms. The highest BCUT2D eigenvalue weighted by Crippen LogP contribution is 2.25. The summed E-state index contributed by atoms with van der Waals surface area (Å²) in [6, 6.07) is 14.8. The third-order valence-electron chi connectivity index (χ3n) is 5.39. The maximum absolute atomic E-state index is 12.8. The summed E-state index contributed by atoms with van der Waals surface area (Å²) in [5.41, 5.74) is 2.79. The van der Waals surface area contributed by atoms with Crippen LogP contribution in [0.3, 0.4) is 0 Å². The van der Waals surface area contributed by atoms with Gasteiger partial charge in [0.1, 0.15) is 5.75 Å². The van der Waals surface area contributed by atoms with Gasteiger partial charge in [-0.15, -0.1) is 11.3 Å². The smallest absolute Gasteiger partial charge is 0.243 e. The van der Waals surface area contributed by atoms with Gasteiger partial charge >= 0.3 is 0 Å². The van der Waals surface area contributed by atoms with Gasteiger partial charge < -0.3 is 14.0 Å². The van der Waals surface area contributed by atoms with E-state index in [1.54, 1.807) is 30.6 Å². The largest absolute Gasteiger partial charge is 0.494 e. The van der Waals surface area contributed by atoms with Gasteiger partial charge in [-0.05, 0) is 55.3 Å². The van der Waals surface area contributed by atoms with Gasteiger partial charge in [0.2, 0.25) is 10.0 Å². The molecule has 0 saturated carbocycles. The first-order chi connectivity index (χ1) is 16.4. The second-order valence-corrected chi connectivity index (χ2v) is 10.3. The summed E-state index contributed by atoms with van der Waals surface area (Å²) in [6.45, 7) is 8.55. The van der Waals surface area contributed by atoms with Crippen molar-refractivity contribution < 1.29 is 17.9 Å². The Morgan fingerprint density at radius 2 is 1.68 bits per heavy atom. The molecule has 0 aliphatic heterocycles. The lowest BCUT2D eigenvalue weighted by atomic mass is 10.2. The summed E-state index contributed by atoms with van der Waals surface area (Å²) in [4.78, 5) is 6.03. The molecule has 0 spiro atoms. The predicted octanol–water partition coefficient (Wildman–Crippen LogP) is 4.91. The molecule has 0 amide bonds. The molecule has 3 rings (SSSR count). The molecule has 0 aliphatic carbocycles. The average Bonchev–Trinajstić information content (AvgIpc) is 3.23. The Balaban J connectivity index is 1.97. The second-order valence-electron chi connectivity index (χ2n) is 7.55. The van der Waals surface area contributed by atoms with Gasteiger partial charge in [-0.1, -0.05) is 26.0 Å². The fraction of sp³-hybridized carbons (Fsp3) is 0.400. The van der Waals surface area contributed by atoms with E-state index in [2.05, 4.69) is 9.95 Å². The fourth-order valence-electron chi connectivity index (χ4n) is 3.64. The SMILES string of the molecule is CCOc1ccc(N=c2scc(-c3ccc(S(=O)(=O)N(CC)CC)cc3)n2CCCOC)cc1. The van der Waals surface area contributed by atoms with E-state index in [1.807, 2.05) is 57.2 Å². The number of aromatic nitrogens is 1. The number of hydrogen-bond donors (Lipinski definition) is 0. The Bertz CT molecular complexity index is 1210. The molecule has 1 aromatic heterocycles. The van der Waals surface area contributed by atoms with E-state index in [-0.39, 0.29) is 0 Å². The molecule has 0 bridgehead atoms. The molecule has 184 valence electrons. The zero-order valence-electron chi connectivity index (χ0n) is 20.2. The molecule has 1 heterocycles. The molecule has 0 radical (unpaired) electrons. The topological polar surface area (TPSA) is 73.1 Å². The van der Waals surface area contributed by atoms with Crippen LogP contribution in [0.25, 0.3) is 11.3 Å². The van der Waals surface area contributed by atoms with Crippen molar-refractivity contribution in [3.05, 3.63) is 58.7 Å². The van der Waals surface area contributed by atoms with Gasteiger partial charge in [0.15, 0.2) is 4.80 Å². The molecule has 0 unspecified atom stereocenters. The molecule has 0 atom stereocenters. The minimum atomic E-state index is -3.49. The highest BCUT2D eigenvalue weighted by Gasteiger charge is 2.21. The zero-order valence-corrected chi connectivity index (χ0v) is 21.9. The van der Waals surface area contributed by atoms with Crippen LogP contribution < -0.4 is 9.54 Å². The number of ether oxygens (including phenoxy) is 2. The lowest BCUT2D eigenvalue weighted by Crippen LogP contribution is -2.30. The van der Waals surface area contributed by atoms with Gasteiger partial charge in [-0.25, -0.2) is 13.4 Å². The molecule has 0 N–H and O–H groups in total. The molecule has 0 fully saturated rings. The normalized spacial score (nSPS) is 12.4. The van der Waals surface area contributed by atoms with Crippen LogP contribution in [0.4, 0.5) is 5.69 Å². The van der Waals surface area contributed by atoms with E-state index in [4.69, 9.17) is 14.5 Å². The molecular weight excluding hydrogens is 470 g/mol. The van der Waals surface area contributed by atoms with Crippen molar-refractivity contribution in [1.29, 1.82) is 0 Å². The molecule has 0 aliphatic rings. The summed E-state index contributed by atoms with van der Waals surface area (Å²) >= 11 is 1.56. The molecule has 9 heteroatoms. The summed E-state index contributed by atoms with van der Waals surface area (Å²) in [5.74, 6) is 0.820. The minimum Gasteiger partial charge on any atom is -0.494 e. The van der Waals surface area contributed by atoms with Crippen LogP contribution in [0.15, 0.2) is 63.8 Å². The lowest BCUT2D eigenvalue weighted by molar-refractivity contribution is 0.190. The number of benzene rings is 2. The Labute approximate surface area is 206 Å². The highest BCUT2D eigenvalue weighted by atomic mass is 32.2. The summed E-state index contributed by atoms with van der Waals surface area (Å²) < 4.78 is 40.1. The number of hydrogen-bond acceptors (Lipinski definition) is 6. The van der Waals surface area contributed by atoms with Crippen LogP contribution in [0.1, 0.15) is 27.2 Å². The minimum absolute atomic E-state index is 0.306. The Kier molecular flexibility index (Phi) is 9.46. The van der Waals surface area contributed by atoms with E-state index < -0.39 is 10.0 Å². The second kappa shape index (κ2) is 12.3. The fourth-order valence-corrected chi connectivity index (χ4v) is 6.05. The number of nitrogens with zero attached hydrogens (tertiary/aromatic N) is 3. The van der Waals surface area contributed by atoms with Gasteiger partial charge in [-0.3, -0.25) is 0 Å². The van der Waals surface area contributed by atoms with E-state index >= 15 is 0 Å². The van der Waals surface area contributed by atoms with E-state index in [0.29, 0.717) is 31.2 Å². The number of sulfonamides is 1. The number of rotatable bonds is 12. The first-order valence-corrected chi connectivity index (χ1v) is 13.8. The Morgan fingerprint density at radius 3 is 2.26 bits per heavy atom. The van der Waals surface area contributed by atoms with Crippen molar-refractivity contribution in [2.45, 2.75) is 38.6 Å². The van der Waals surface area contributed by atoms with Gasteiger partial charge in [0.05, 0.1) is 22.9 Å². The molecular formula is C25H33N3O4S2. The van der Waals surface area contributed by atoms with Crippen LogP contribution >= 0.6 is 11.3 Å². The van der Waals surface area contributed by atoms with Crippen LogP contribution in [0, 0.1) is 0 Å². The summed E-state index contributed by atoms with van der Waals surface area (Å²) in [6.07, 6.45) is 0.838. The third-order valence-corrected chi connectivity index (χ3v) is 8.32. The standard InChI is InChI=1S/C25H33N3O4S2/c1-5-27(6-2)34(29,30)23-15-9-20(10-16-23)24-19-33-25(28(24)17-8-18-31-4)26-21-11-13-22(14-12-21)32-7-3/h9-16,19H,5-8,17-18H2,1-4H3. The molecule has 2 aromatic carbocycles. The summed E-state index contributed by atoms with van der Waals surface area (Å²) in [5, 5.41) is 2.06. The maximum Gasteiger partial charge on any atom is 0.243 e. The lowest BCUT2D eigenvalue weighted by Gasteiger charge is -2.18. The Hall–Kier alpha value is -2.46. The van der Waals surface area contributed by atoms with Crippen molar-refractivity contribution in [2.75, 3.05) is 33.4 Å². The van der Waals surface area contributed by atoms with Crippen LogP contribution in [0.5, 0.6) is 5.75 Å². The third kappa shape index (κ3) is 6.15. The molecule has 7 nitrogen and oxygen atoms in total. The van der Waals surface area contributed by atoms with Crippen LogP contribution in [-0.2, 0) is 21.3 Å². The first kappa shape index (κ1) is 26.2. The van der Waals surface area contributed by atoms with Crippen molar-refractivity contribution in [3.8, 4) is 17.0 Å². The van der Waals surface area contributed by atoms with Crippen molar-refractivity contribution in [2.24, 2.45) is 4.99 Å². The maximum atomic E-state index is 12.8. The van der Waals surface area contributed by atoms with Gasteiger partial charge in [0, 0.05) is 38.7 Å². The van der Waals surface area contributed by atoms with Crippen molar-refractivity contribution >= 4 is 27.0 Å². The predicted molar refractivity (Wildman–Crippen MR) is 137 cm³/mol. The van der Waals surface area contributed by atoms with Gasteiger partial charge in [0.25, 0.3) is 0 Å². The van der Waals surface area contributed by atoms with Gasteiger partial charge in [-0.2, -0.15) is 4.31 Å². The average molecular weight is 504 g/mol. The highest BCUT2D eigenvalue weighted by molar-refractivity contribution is 7.89. The molecule has 0 saturated heterocycles.